The Hall–Kier alpha value is -3.36. The van der Waals surface area contributed by atoms with Gasteiger partial charge in [-0.3, -0.25) is 0 Å². The second kappa shape index (κ2) is 9.99. The van der Waals surface area contributed by atoms with Crippen LogP contribution in [0.5, 0.6) is 0 Å². The molecule has 0 bridgehead atoms. The number of hydrogen-bond donors (Lipinski definition) is 0. The Kier molecular flexibility index (Phi) is 6.63. The van der Waals surface area contributed by atoms with Crippen molar-refractivity contribution < 1.29 is 8.98 Å². The number of hydrogen-bond acceptors (Lipinski definition) is 2. The molecule has 1 aliphatic carbocycles. The summed E-state index contributed by atoms with van der Waals surface area (Å²) >= 11 is -2.42. The van der Waals surface area contributed by atoms with E-state index in [1.807, 2.05) is 6.07 Å². The molecule has 0 N–H and O–H groups in total. The predicted octanol–water partition coefficient (Wildman–Crippen LogP) is 8.52. The first-order valence-electron chi connectivity index (χ1n) is 14.3. The van der Waals surface area contributed by atoms with Crippen molar-refractivity contribution in [3.05, 3.63) is 83.6 Å². The molecule has 3 aromatic carbocycles. The van der Waals surface area contributed by atoms with Crippen molar-refractivity contribution in [3.63, 3.8) is 0 Å². The quantitative estimate of drug-likeness (QED) is 0.160. The average Bonchev–Trinajstić information content (AvgIpc) is 3.31. The number of aryl methyl sites for hydroxylation is 2. The third kappa shape index (κ3) is 4.49. The number of pyridine rings is 1. The molecule has 0 spiro atoms. The van der Waals surface area contributed by atoms with Gasteiger partial charge in [-0.05, 0) is 0 Å². The van der Waals surface area contributed by atoms with Crippen LogP contribution in [-0.4, -0.2) is 13.3 Å². The van der Waals surface area contributed by atoms with Crippen LogP contribution in [0.3, 0.4) is 0 Å². The number of rotatable bonds is 4. The summed E-state index contributed by atoms with van der Waals surface area (Å²) in [6.45, 7) is 2.15. The molecule has 0 amide bonds. The average molecular weight is 574 g/mol. The van der Waals surface area contributed by atoms with Gasteiger partial charge in [0.15, 0.2) is 0 Å². The zero-order chi connectivity index (χ0) is 27.3. The third-order valence-corrected chi connectivity index (χ3v) is 12.9. The van der Waals surface area contributed by atoms with Gasteiger partial charge in [-0.1, -0.05) is 0 Å². The third-order valence-electron chi connectivity index (χ3n) is 8.65. The zero-order valence-corrected chi connectivity index (χ0v) is 25.9. The molecule has 39 heavy (non-hydrogen) atoms. The van der Waals surface area contributed by atoms with Crippen LogP contribution in [0.1, 0.15) is 54.7 Å². The van der Waals surface area contributed by atoms with Gasteiger partial charge < -0.3 is 0 Å². The minimum atomic E-state index is -2.42. The minimum absolute atomic E-state index is 0.655. The summed E-state index contributed by atoms with van der Waals surface area (Å²) in [6, 6.07) is 24.7. The molecule has 5 aromatic rings. The fraction of sp³-hybridized carbons (Fsp3) is 0.314. The molecule has 2 heterocycles. The molecular weight excluding hydrogens is 537 g/mol. The molecular formula is C35H37GeN2O+. The van der Waals surface area contributed by atoms with Gasteiger partial charge in [0.1, 0.15) is 0 Å². The van der Waals surface area contributed by atoms with Crippen molar-refractivity contribution in [1.29, 1.82) is 5.26 Å². The van der Waals surface area contributed by atoms with Gasteiger partial charge in [-0.25, -0.2) is 0 Å². The predicted molar refractivity (Wildman–Crippen MR) is 164 cm³/mol. The number of aromatic nitrogens is 1. The summed E-state index contributed by atoms with van der Waals surface area (Å²) < 4.78 is 10.3. The number of furan rings is 1. The summed E-state index contributed by atoms with van der Waals surface area (Å²) in [5, 5.41) is 12.8. The summed E-state index contributed by atoms with van der Waals surface area (Å²) in [5.74, 6) is 7.78. The van der Waals surface area contributed by atoms with Gasteiger partial charge in [-0.2, -0.15) is 0 Å². The van der Waals surface area contributed by atoms with E-state index in [-0.39, 0.29) is 0 Å². The Morgan fingerprint density at radius 2 is 1.59 bits per heavy atom. The van der Waals surface area contributed by atoms with Crippen LogP contribution in [0.2, 0.25) is 17.3 Å². The Morgan fingerprint density at radius 3 is 2.26 bits per heavy atom. The van der Waals surface area contributed by atoms with E-state index >= 15 is 0 Å². The van der Waals surface area contributed by atoms with Crippen LogP contribution in [0, 0.1) is 18.3 Å². The van der Waals surface area contributed by atoms with E-state index in [9.17, 15) is 5.26 Å². The van der Waals surface area contributed by atoms with Crippen molar-refractivity contribution in [2.45, 2.75) is 62.2 Å². The summed E-state index contributed by atoms with van der Waals surface area (Å²) in [4.78, 5) is 0. The van der Waals surface area contributed by atoms with Crippen molar-refractivity contribution in [2.75, 3.05) is 0 Å². The number of fused-ring (bicyclic) bond motifs is 3. The second-order valence-electron chi connectivity index (χ2n) is 12.3. The monoisotopic (exact) mass is 575 g/mol. The van der Waals surface area contributed by atoms with Crippen molar-refractivity contribution in [2.24, 2.45) is 7.05 Å². The molecule has 3 nitrogen and oxygen atoms in total. The molecule has 2 aromatic heterocycles. The Labute approximate surface area is 234 Å². The van der Waals surface area contributed by atoms with E-state index in [1.54, 1.807) is 0 Å². The number of nitriles is 1. The summed E-state index contributed by atoms with van der Waals surface area (Å²) in [7, 11) is 2.08. The molecule has 1 aliphatic rings. The maximum atomic E-state index is 10.6. The zero-order valence-electron chi connectivity index (χ0n) is 23.8. The van der Waals surface area contributed by atoms with E-state index in [0.717, 1.165) is 49.9 Å². The maximum absolute atomic E-state index is 10.6. The van der Waals surface area contributed by atoms with Crippen LogP contribution >= 0.6 is 0 Å². The van der Waals surface area contributed by atoms with Gasteiger partial charge in [-0.15, -0.1) is 0 Å². The van der Waals surface area contributed by atoms with E-state index in [4.69, 9.17) is 4.42 Å². The summed E-state index contributed by atoms with van der Waals surface area (Å²) in [5.41, 5.74) is 9.39. The van der Waals surface area contributed by atoms with E-state index < -0.39 is 13.3 Å². The Morgan fingerprint density at radius 1 is 0.872 bits per heavy atom. The molecule has 1 saturated carbocycles. The van der Waals surface area contributed by atoms with Gasteiger partial charge in [0.05, 0.1) is 0 Å². The first-order chi connectivity index (χ1) is 18.8. The van der Waals surface area contributed by atoms with Gasteiger partial charge in [0, 0.05) is 0 Å². The van der Waals surface area contributed by atoms with Crippen LogP contribution in [0.15, 0.2) is 71.3 Å². The molecule has 1 fully saturated rings. The first-order valence-corrected chi connectivity index (χ1v) is 21.6. The standard InChI is InChI=1S/C35H37GeN2O/c1-23-14-19-27-28-21-30(36(2,3)4)29(22-37)33(26-17-15-25(16-18-26)24-11-7-6-8-12-24)35(28)39-34(27)32(23)31-13-9-10-20-38(31)5/h9-10,13-21,24H,6-8,11-12H2,1-5H3/q+1. The van der Waals surface area contributed by atoms with Gasteiger partial charge >= 0.3 is 235 Å². The van der Waals surface area contributed by atoms with Gasteiger partial charge in [0.25, 0.3) is 0 Å². The Balaban J connectivity index is 1.66. The SMILES string of the molecule is Cc1ccc2c(oc3c(-c4ccc(C5CCCCC5)cc4)c(C#N)[c]([Ge]([CH3])([CH3])[CH3])cc32)c1-c1cccc[n+]1C. The molecule has 196 valence electrons. The number of benzene rings is 3. The van der Waals surface area contributed by atoms with Crippen LogP contribution in [0.4, 0.5) is 0 Å². The Bertz CT molecular complexity index is 1740. The molecule has 0 saturated heterocycles. The summed E-state index contributed by atoms with van der Waals surface area (Å²) in [6.07, 6.45) is 8.65. The fourth-order valence-electron chi connectivity index (χ4n) is 6.51. The van der Waals surface area contributed by atoms with E-state index in [2.05, 4.69) is 103 Å². The van der Waals surface area contributed by atoms with Crippen molar-refractivity contribution in [3.8, 4) is 28.5 Å². The fourth-order valence-corrected chi connectivity index (χ4v) is 9.68. The van der Waals surface area contributed by atoms with E-state index in [0.29, 0.717) is 5.92 Å². The second-order valence-corrected chi connectivity index (χ2v) is 22.9. The molecule has 0 radical (unpaired) electrons. The first kappa shape index (κ1) is 25.9. The van der Waals surface area contributed by atoms with Crippen molar-refractivity contribution in [1.82, 2.24) is 0 Å². The molecule has 6 rings (SSSR count). The normalized spacial score (nSPS) is 14.7. The molecule has 0 unspecified atom stereocenters. The number of nitrogens with zero attached hydrogens (tertiary/aromatic N) is 2. The van der Waals surface area contributed by atoms with Gasteiger partial charge in [0.2, 0.25) is 0 Å². The van der Waals surface area contributed by atoms with E-state index in [1.165, 1.54) is 47.6 Å². The molecule has 4 heteroatoms. The molecule has 0 aliphatic heterocycles. The van der Waals surface area contributed by atoms with Crippen molar-refractivity contribution >= 4 is 39.6 Å². The van der Waals surface area contributed by atoms with Crippen LogP contribution in [0.25, 0.3) is 44.3 Å². The topological polar surface area (TPSA) is 40.8 Å². The van der Waals surface area contributed by atoms with Crippen LogP contribution < -0.4 is 8.96 Å². The van der Waals surface area contributed by atoms with Crippen LogP contribution in [-0.2, 0) is 7.05 Å². The molecule has 0 atom stereocenters.